The molecule has 4 heteroatoms. The van der Waals surface area contributed by atoms with E-state index in [0.29, 0.717) is 4.99 Å². The van der Waals surface area contributed by atoms with Crippen LogP contribution in [-0.2, 0) is 4.79 Å². The Bertz CT molecular complexity index is 249. The van der Waals surface area contributed by atoms with Crippen LogP contribution in [0.3, 0.4) is 0 Å². The molecule has 0 bridgehead atoms. The van der Waals surface area contributed by atoms with E-state index in [4.69, 9.17) is 18.0 Å². The van der Waals surface area contributed by atoms with Gasteiger partial charge in [0.05, 0.1) is 10.4 Å². The number of unbranched alkanes of at least 4 members (excludes halogenated alkanes) is 2. The van der Waals surface area contributed by atoms with Gasteiger partial charge in [-0.25, -0.2) is 0 Å². The Balaban J connectivity index is 2.35. The van der Waals surface area contributed by atoms with Crippen LogP contribution >= 0.6 is 12.2 Å². The first-order valence-corrected chi connectivity index (χ1v) is 6.12. The first kappa shape index (κ1) is 12.4. The van der Waals surface area contributed by atoms with Gasteiger partial charge in [0, 0.05) is 6.54 Å². The standard InChI is InChI=1S/C11H20N2OS/c1-2-3-4-8-13-10(14)11(9(12)15)6-5-7-11/h2-8H2,1H3,(H2,12,15)(H,13,14). The zero-order valence-corrected chi connectivity index (χ0v) is 10.2. The number of hydrogen-bond donors (Lipinski definition) is 2. The van der Waals surface area contributed by atoms with Crippen molar-refractivity contribution in [3.63, 3.8) is 0 Å². The van der Waals surface area contributed by atoms with E-state index in [0.717, 1.165) is 45.1 Å². The van der Waals surface area contributed by atoms with Gasteiger partial charge in [0.25, 0.3) is 0 Å². The fraction of sp³-hybridized carbons (Fsp3) is 0.818. The smallest absolute Gasteiger partial charge is 0.233 e. The van der Waals surface area contributed by atoms with Crippen molar-refractivity contribution < 1.29 is 4.79 Å². The lowest BCUT2D eigenvalue weighted by atomic mass is 9.68. The van der Waals surface area contributed by atoms with Crippen LogP contribution in [0.25, 0.3) is 0 Å². The summed E-state index contributed by atoms with van der Waals surface area (Å²) in [5.74, 6) is 0.0392. The van der Waals surface area contributed by atoms with Gasteiger partial charge in [0.1, 0.15) is 0 Å². The third-order valence-corrected chi connectivity index (χ3v) is 3.57. The van der Waals surface area contributed by atoms with Crippen LogP contribution in [-0.4, -0.2) is 17.4 Å². The summed E-state index contributed by atoms with van der Waals surface area (Å²) in [7, 11) is 0. The summed E-state index contributed by atoms with van der Waals surface area (Å²) in [6.07, 6.45) is 6.05. The van der Waals surface area contributed by atoms with Crippen LogP contribution in [0.4, 0.5) is 0 Å². The van der Waals surface area contributed by atoms with Crippen molar-refractivity contribution in [2.45, 2.75) is 45.4 Å². The highest BCUT2D eigenvalue weighted by Crippen LogP contribution is 2.41. The fourth-order valence-corrected chi connectivity index (χ4v) is 2.16. The highest BCUT2D eigenvalue weighted by Gasteiger charge is 2.46. The highest BCUT2D eigenvalue weighted by molar-refractivity contribution is 7.80. The Morgan fingerprint density at radius 3 is 2.53 bits per heavy atom. The summed E-state index contributed by atoms with van der Waals surface area (Å²) in [6.45, 7) is 2.89. The summed E-state index contributed by atoms with van der Waals surface area (Å²) in [5, 5.41) is 2.94. The molecule has 0 unspecified atom stereocenters. The number of nitrogens with one attached hydrogen (secondary N) is 1. The molecule has 1 fully saturated rings. The van der Waals surface area contributed by atoms with E-state index in [2.05, 4.69) is 12.2 Å². The first-order valence-electron chi connectivity index (χ1n) is 5.71. The third-order valence-electron chi connectivity index (χ3n) is 3.18. The molecule has 1 amide bonds. The molecule has 86 valence electrons. The molecule has 0 aromatic heterocycles. The van der Waals surface area contributed by atoms with Gasteiger partial charge in [-0.05, 0) is 19.3 Å². The highest BCUT2D eigenvalue weighted by atomic mass is 32.1. The number of carbonyl (C=O) groups is 1. The molecule has 0 saturated heterocycles. The van der Waals surface area contributed by atoms with Crippen molar-refractivity contribution in [1.29, 1.82) is 0 Å². The minimum atomic E-state index is -0.512. The second kappa shape index (κ2) is 5.45. The molecule has 1 rings (SSSR count). The molecule has 0 aromatic carbocycles. The summed E-state index contributed by atoms with van der Waals surface area (Å²) in [5.41, 5.74) is 5.12. The Morgan fingerprint density at radius 1 is 1.47 bits per heavy atom. The van der Waals surface area contributed by atoms with Crippen LogP contribution in [0.1, 0.15) is 45.4 Å². The van der Waals surface area contributed by atoms with Crippen LogP contribution in [0, 0.1) is 5.41 Å². The van der Waals surface area contributed by atoms with E-state index in [9.17, 15) is 4.79 Å². The lowest BCUT2D eigenvalue weighted by molar-refractivity contribution is -0.130. The molecular weight excluding hydrogens is 208 g/mol. The molecule has 1 aliphatic rings. The molecule has 0 radical (unpaired) electrons. The summed E-state index contributed by atoms with van der Waals surface area (Å²) in [6, 6.07) is 0. The second-order valence-corrected chi connectivity index (χ2v) is 4.70. The predicted octanol–water partition coefficient (Wildman–Crippen LogP) is 1.75. The van der Waals surface area contributed by atoms with E-state index < -0.39 is 5.41 Å². The van der Waals surface area contributed by atoms with E-state index in [1.807, 2.05) is 0 Å². The van der Waals surface area contributed by atoms with Gasteiger partial charge in [-0.2, -0.15) is 0 Å². The van der Waals surface area contributed by atoms with Crippen molar-refractivity contribution in [2.24, 2.45) is 11.1 Å². The van der Waals surface area contributed by atoms with Gasteiger partial charge >= 0.3 is 0 Å². The van der Waals surface area contributed by atoms with E-state index >= 15 is 0 Å². The number of rotatable bonds is 6. The van der Waals surface area contributed by atoms with Crippen LogP contribution in [0.15, 0.2) is 0 Å². The normalized spacial score (nSPS) is 17.9. The SMILES string of the molecule is CCCCCNC(=O)C1(C(N)=S)CCC1. The molecule has 0 heterocycles. The number of amides is 1. The minimum absolute atomic E-state index is 0.0392. The third kappa shape index (κ3) is 2.68. The topological polar surface area (TPSA) is 55.1 Å². The molecule has 0 spiro atoms. The minimum Gasteiger partial charge on any atom is -0.392 e. The first-order chi connectivity index (χ1) is 7.13. The van der Waals surface area contributed by atoms with E-state index in [1.54, 1.807) is 0 Å². The Kier molecular flexibility index (Phi) is 4.51. The van der Waals surface area contributed by atoms with Crippen molar-refractivity contribution in [1.82, 2.24) is 5.32 Å². The molecule has 3 N–H and O–H groups in total. The Hall–Kier alpha value is -0.640. The number of nitrogens with two attached hydrogens (primary N) is 1. The maximum absolute atomic E-state index is 11.9. The number of carbonyl (C=O) groups excluding carboxylic acids is 1. The van der Waals surface area contributed by atoms with Gasteiger partial charge in [0.15, 0.2) is 0 Å². The largest absolute Gasteiger partial charge is 0.392 e. The van der Waals surface area contributed by atoms with Crippen molar-refractivity contribution in [2.75, 3.05) is 6.54 Å². The Labute approximate surface area is 96.8 Å². The lowest BCUT2D eigenvalue weighted by Gasteiger charge is -2.39. The maximum Gasteiger partial charge on any atom is 0.233 e. The van der Waals surface area contributed by atoms with Crippen LogP contribution in [0.5, 0.6) is 0 Å². The van der Waals surface area contributed by atoms with Crippen molar-refractivity contribution in [3.05, 3.63) is 0 Å². The van der Waals surface area contributed by atoms with E-state index in [-0.39, 0.29) is 5.91 Å². The summed E-state index contributed by atoms with van der Waals surface area (Å²) < 4.78 is 0. The molecule has 3 nitrogen and oxygen atoms in total. The zero-order valence-electron chi connectivity index (χ0n) is 9.34. The summed E-state index contributed by atoms with van der Waals surface area (Å²) in [4.78, 5) is 12.2. The molecule has 0 aromatic rings. The average Bonchev–Trinajstić information content (AvgIpc) is 2.10. The van der Waals surface area contributed by atoms with Crippen LogP contribution < -0.4 is 11.1 Å². The lowest BCUT2D eigenvalue weighted by Crippen LogP contribution is -2.53. The van der Waals surface area contributed by atoms with Gasteiger partial charge in [-0.15, -0.1) is 0 Å². The molecule has 0 atom stereocenters. The van der Waals surface area contributed by atoms with Gasteiger partial charge in [-0.1, -0.05) is 38.4 Å². The van der Waals surface area contributed by atoms with Crippen molar-refractivity contribution >= 4 is 23.1 Å². The molecule has 1 aliphatic carbocycles. The monoisotopic (exact) mass is 228 g/mol. The molecular formula is C11H20N2OS. The number of hydrogen-bond acceptors (Lipinski definition) is 2. The van der Waals surface area contributed by atoms with Gasteiger partial charge in [0.2, 0.25) is 5.91 Å². The maximum atomic E-state index is 11.9. The van der Waals surface area contributed by atoms with Gasteiger partial charge < -0.3 is 11.1 Å². The zero-order chi connectivity index (χ0) is 11.3. The number of thiocarbonyl (C=S) groups is 1. The van der Waals surface area contributed by atoms with Crippen LogP contribution in [0.2, 0.25) is 0 Å². The van der Waals surface area contributed by atoms with Gasteiger partial charge in [-0.3, -0.25) is 4.79 Å². The predicted molar refractivity (Wildman–Crippen MR) is 65.6 cm³/mol. The fourth-order valence-electron chi connectivity index (χ4n) is 1.86. The van der Waals surface area contributed by atoms with E-state index in [1.165, 1.54) is 0 Å². The average molecular weight is 228 g/mol. The molecule has 15 heavy (non-hydrogen) atoms. The molecule has 1 saturated carbocycles. The second-order valence-electron chi connectivity index (χ2n) is 4.26. The quantitative estimate of drug-likeness (QED) is 0.538. The van der Waals surface area contributed by atoms with Crippen molar-refractivity contribution in [3.8, 4) is 0 Å². The summed E-state index contributed by atoms with van der Waals surface area (Å²) >= 11 is 4.98. The Morgan fingerprint density at radius 2 is 2.13 bits per heavy atom. The molecule has 0 aliphatic heterocycles.